The SMILES string of the molecule is Cc1ccc(S(=O)(=O)Oc2cc(OCc3ccccc3)c(C=O)c(OS(=O)(=O)c3ccc(C)cc3)c2)cc1. The van der Waals surface area contributed by atoms with Crippen LogP contribution in [0.15, 0.2) is 101 Å². The van der Waals surface area contributed by atoms with E-state index in [1.807, 2.05) is 13.0 Å². The monoisotopic (exact) mass is 552 g/mol. The second kappa shape index (κ2) is 11.1. The summed E-state index contributed by atoms with van der Waals surface area (Å²) >= 11 is 0. The standard InChI is InChI=1S/C28H24O8S2/c1-20-8-12-24(13-9-20)37(30,31)35-23-16-27(34-19-22-6-4-3-5-7-22)26(18-29)28(17-23)36-38(32,33)25-14-10-21(2)11-15-25/h3-18H,19H2,1-2H3. The summed E-state index contributed by atoms with van der Waals surface area (Å²) in [5, 5.41) is 0. The van der Waals surface area contributed by atoms with Gasteiger partial charge < -0.3 is 13.1 Å². The Bertz CT molecular complexity index is 1640. The van der Waals surface area contributed by atoms with Crippen LogP contribution in [0.2, 0.25) is 0 Å². The number of hydrogen-bond acceptors (Lipinski definition) is 8. The molecule has 38 heavy (non-hydrogen) atoms. The minimum Gasteiger partial charge on any atom is -0.488 e. The maximum absolute atomic E-state index is 13.0. The van der Waals surface area contributed by atoms with Crippen molar-refractivity contribution in [2.24, 2.45) is 0 Å². The van der Waals surface area contributed by atoms with Crippen LogP contribution in [0, 0.1) is 13.8 Å². The van der Waals surface area contributed by atoms with Gasteiger partial charge in [0, 0.05) is 12.1 Å². The number of carbonyl (C=O) groups is 1. The van der Waals surface area contributed by atoms with Crippen LogP contribution in [0.4, 0.5) is 0 Å². The van der Waals surface area contributed by atoms with Crippen molar-refractivity contribution in [3.8, 4) is 17.2 Å². The van der Waals surface area contributed by atoms with E-state index in [1.165, 1.54) is 30.3 Å². The summed E-state index contributed by atoms with van der Waals surface area (Å²) in [6, 6.07) is 23.2. The molecular formula is C28H24O8S2. The molecule has 4 aromatic rings. The highest BCUT2D eigenvalue weighted by Crippen LogP contribution is 2.36. The number of carbonyl (C=O) groups excluding carboxylic acids is 1. The van der Waals surface area contributed by atoms with E-state index in [2.05, 4.69) is 0 Å². The molecule has 0 saturated heterocycles. The van der Waals surface area contributed by atoms with Gasteiger partial charge in [-0.05, 0) is 43.7 Å². The lowest BCUT2D eigenvalue weighted by atomic mass is 10.2. The topological polar surface area (TPSA) is 113 Å². The summed E-state index contributed by atoms with van der Waals surface area (Å²) in [7, 11) is -8.68. The molecule has 0 unspecified atom stereocenters. The number of hydrogen-bond donors (Lipinski definition) is 0. The third kappa shape index (κ3) is 6.39. The molecule has 0 aliphatic carbocycles. The highest BCUT2D eigenvalue weighted by molar-refractivity contribution is 7.87. The van der Waals surface area contributed by atoms with Crippen molar-refractivity contribution in [1.29, 1.82) is 0 Å². The van der Waals surface area contributed by atoms with Gasteiger partial charge in [0.1, 0.15) is 33.5 Å². The van der Waals surface area contributed by atoms with Crippen molar-refractivity contribution in [3.63, 3.8) is 0 Å². The van der Waals surface area contributed by atoms with Crippen molar-refractivity contribution >= 4 is 26.5 Å². The first-order valence-electron chi connectivity index (χ1n) is 11.4. The highest BCUT2D eigenvalue weighted by Gasteiger charge is 2.24. The summed E-state index contributed by atoms with van der Waals surface area (Å²) in [5.74, 6) is -0.858. The molecule has 0 aromatic heterocycles. The molecule has 0 bridgehead atoms. The predicted molar refractivity (Wildman–Crippen MR) is 141 cm³/mol. The van der Waals surface area contributed by atoms with E-state index in [0.717, 1.165) is 22.8 Å². The molecule has 0 amide bonds. The fourth-order valence-electron chi connectivity index (χ4n) is 3.42. The fourth-order valence-corrected chi connectivity index (χ4v) is 5.27. The molecule has 0 heterocycles. The maximum Gasteiger partial charge on any atom is 0.339 e. The molecule has 0 fully saturated rings. The normalized spacial score (nSPS) is 11.5. The van der Waals surface area contributed by atoms with Crippen LogP contribution >= 0.6 is 0 Å². The van der Waals surface area contributed by atoms with Gasteiger partial charge in [0.15, 0.2) is 12.0 Å². The molecular weight excluding hydrogens is 528 g/mol. The summed E-state index contributed by atoms with van der Waals surface area (Å²) < 4.78 is 68.2. The summed E-state index contributed by atoms with van der Waals surface area (Å²) in [6.45, 7) is 3.62. The van der Waals surface area contributed by atoms with Crippen molar-refractivity contribution in [3.05, 3.63) is 113 Å². The van der Waals surface area contributed by atoms with Gasteiger partial charge in [-0.1, -0.05) is 65.7 Å². The molecule has 4 rings (SSSR count). The average molecular weight is 553 g/mol. The van der Waals surface area contributed by atoms with Crippen LogP contribution in [-0.2, 0) is 26.8 Å². The van der Waals surface area contributed by atoms with Crippen LogP contribution in [0.25, 0.3) is 0 Å². The number of ether oxygens (including phenoxy) is 1. The molecule has 0 spiro atoms. The fraction of sp³-hybridized carbons (Fsp3) is 0.107. The van der Waals surface area contributed by atoms with Crippen molar-refractivity contribution in [2.45, 2.75) is 30.2 Å². The van der Waals surface area contributed by atoms with E-state index in [1.54, 1.807) is 55.5 Å². The smallest absolute Gasteiger partial charge is 0.339 e. The number of rotatable bonds is 10. The quantitative estimate of drug-likeness (QED) is 0.194. The van der Waals surface area contributed by atoms with Gasteiger partial charge >= 0.3 is 20.2 Å². The highest BCUT2D eigenvalue weighted by atomic mass is 32.2. The molecule has 0 N–H and O–H groups in total. The van der Waals surface area contributed by atoms with E-state index >= 15 is 0 Å². The van der Waals surface area contributed by atoms with Crippen molar-refractivity contribution in [1.82, 2.24) is 0 Å². The maximum atomic E-state index is 13.0. The minimum atomic E-state index is -4.38. The molecule has 8 nitrogen and oxygen atoms in total. The van der Waals surface area contributed by atoms with Crippen LogP contribution < -0.4 is 13.1 Å². The molecule has 0 saturated carbocycles. The first-order chi connectivity index (χ1) is 18.1. The van der Waals surface area contributed by atoms with Gasteiger partial charge in [-0.25, -0.2) is 0 Å². The zero-order chi connectivity index (χ0) is 27.3. The van der Waals surface area contributed by atoms with Gasteiger partial charge in [0.25, 0.3) is 0 Å². The first kappa shape index (κ1) is 26.9. The van der Waals surface area contributed by atoms with Crippen molar-refractivity contribution in [2.75, 3.05) is 0 Å². The lowest BCUT2D eigenvalue weighted by Gasteiger charge is -2.16. The second-order valence-corrected chi connectivity index (χ2v) is 11.5. The predicted octanol–water partition coefficient (Wildman–Crippen LogP) is 5.23. The Morgan fingerprint density at radius 3 is 1.68 bits per heavy atom. The molecule has 0 aliphatic rings. The zero-order valence-electron chi connectivity index (χ0n) is 20.5. The Kier molecular flexibility index (Phi) is 7.84. The van der Waals surface area contributed by atoms with Crippen LogP contribution in [-0.4, -0.2) is 23.1 Å². The first-order valence-corrected chi connectivity index (χ1v) is 14.2. The van der Waals surface area contributed by atoms with Crippen molar-refractivity contribution < 1.29 is 34.7 Å². The Labute approximate surface area is 221 Å². The molecule has 0 atom stereocenters. The Morgan fingerprint density at radius 2 is 1.16 bits per heavy atom. The van der Waals surface area contributed by atoms with E-state index < -0.39 is 26.0 Å². The number of aryl methyl sites for hydroxylation is 2. The van der Waals surface area contributed by atoms with Gasteiger partial charge in [0.05, 0.1) is 0 Å². The third-order valence-corrected chi connectivity index (χ3v) is 7.97. The van der Waals surface area contributed by atoms with Crippen LogP contribution in [0.3, 0.4) is 0 Å². The molecule has 10 heteroatoms. The Balaban J connectivity index is 1.75. The molecule has 0 radical (unpaired) electrons. The van der Waals surface area contributed by atoms with E-state index in [9.17, 15) is 21.6 Å². The van der Waals surface area contributed by atoms with Gasteiger partial charge in [0.2, 0.25) is 0 Å². The molecule has 196 valence electrons. The number of aldehydes is 1. The Hall–Kier alpha value is -4.15. The van der Waals surface area contributed by atoms with Gasteiger partial charge in [-0.2, -0.15) is 16.8 Å². The third-order valence-electron chi connectivity index (χ3n) is 5.46. The van der Waals surface area contributed by atoms with Gasteiger partial charge in [-0.3, -0.25) is 4.79 Å². The Morgan fingerprint density at radius 1 is 0.658 bits per heavy atom. The number of benzene rings is 4. The second-order valence-electron chi connectivity index (χ2n) is 8.43. The van der Waals surface area contributed by atoms with Gasteiger partial charge in [-0.15, -0.1) is 0 Å². The van der Waals surface area contributed by atoms with E-state index in [0.29, 0.717) is 6.29 Å². The van der Waals surface area contributed by atoms with Crippen LogP contribution in [0.1, 0.15) is 27.0 Å². The van der Waals surface area contributed by atoms with E-state index in [-0.39, 0.29) is 33.5 Å². The largest absolute Gasteiger partial charge is 0.488 e. The molecule has 4 aromatic carbocycles. The van der Waals surface area contributed by atoms with Crippen LogP contribution in [0.5, 0.6) is 17.2 Å². The summed E-state index contributed by atoms with van der Waals surface area (Å²) in [4.78, 5) is 11.8. The lowest BCUT2D eigenvalue weighted by molar-refractivity contribution is 0.111. The summed E-state index contributed by atoms with van der Waals surface area (Å²) in [6.07, 6.45) is 0.374. The summed E-state index contributed by atoms with van der Waals surface area (Å²) in [5.41, 5.74) is 2.23. The molecule has 0 aliphatic heterocycles. The lowest BCUT2D eigenvalue weighted by Crippen LogP contribution is -2.13. The minimum absolute atomic E-state index is 0.0139. The average Bonchev–Trinajstić information content (AvgIpc) is 2.88. The van der Waals surface area contributed by atoms with E-state index in [4.69, 9.17) is 13.1 Å². The zero-order valence-corrected chi connectivity index (χ0v) is 22.2.